The average molecular weight is 287 g/mol. The Hall–Kier alpha value is -1.81. The first-order valence-electron chi connectivity index (χ1n) is 6.68. The number of thiophene rings is 1. The number of hydrogen-bond acceptors (Lipinski definition) is 3. The normalized spacial score (nSPS) is 14.0. The van der Waals surface area contributed by atoms with Gasteiger partial charge in [0, 0.05) is 23.5 Å². The molecule has 2 aromatic rings. The number of amides is 1. The van der Waals surface area contributed by atoms with Crippen molar-refractivity contribution in [3.63, 3.8) is 0 Å². The number of rotatable bonds is 2. The van der Waals surface area contributed by atoms with Crippen LogP contribution in [-0.2, 0) is 13.0 Å². The maximum Gasteiger partial charge on any atom is 0.254 e. The van der Waals surface area contributed by atoms with Crippen LogP contribution in [0.5, 0.6) is 5.75 Å². The highest BCUT2D eigenvalue weighted by molar-refractivity contribution is 7.10. The van der Waals surface area contributed by atoms with E-state index in [1.54, 1.807) is 18.4 Å². The number of fused-ring (bicyclic) bond motifs is 1. The summed E-state index contributed by atoms with van der Waals surface area (Å²) in [5, 5.41) is 2.10. The van der Waals surface area contributed by atoms with Crippen molar-refractivity contribution in [3.8, 4) is 5.75 Å². The standard InChI is InChI=1S/C16H17NO2S/c1-11-3-4-12(9-14(11)19-2)16(18)17-7-5-15-13(10-17)6-8-20-15/h3-4,6,8-9H,5,7,10H2,1-2H3. The number of carbonyl (C=O) groups is 1. The number of ether oxygens (including phenoxy) is 1. The molecule has 0 bridgehead atoms. The fraction of sp³-hybridized carbons (Fsp3) is 0.312. The van der Waals surface area contributed by atoms with E-state index in [1.807, 2.05) is 30.0 Å². The fourth-order valence-electron chi connectivity index (χ4n) is 2.56. The minimum absolute atomic E-state index is 0.0835. The Bertz CT molecular complexity index is 648. The molecule has 2 heterocycles. The van der Waals surface area contributed by atoms with Gasteiger partial charge < -0.3 is 9.64 Å². The van der Waals surface area contributed by atoms with Gasteiger partial charge in [-0.2, -0.15) is 0 Å². The smallest absolute Gasteiger partial charge is 0.254 e. The number of carbonyl (C=O) groups excluding carboxylic acids is 1. The maximum absolute atomic E-state index is 12.6. The van der Waals surface area contributed by atoms with Crippen LogP contribution in [0.4, 0.5) is 0 Å². The Balaban J connectivity index is 1.83. The molecule has 4 heteroatoms. The number of hydrogen-bond donors (Lipinski definition) is 0. The van der Waals surface area contributed by atoms with Crippen LogP contribution in [0.15, 0.2) is 29.6 Å². The molecule has 20 heavy (non-hydrogen) atoms. The molecule has 3 rings (SSSR count). The van der Waals surface area contributed by atoms with E-state index in [9.17, 15) is 4.79 Å². The lowest BCUT2D eigenvalue weighted by atomic mass is 10.1. The van der Waals surface area contributed by atoms with Crippen LogP contribution in [-0.4, -0.2) is 24.5 Å². The van der Waals surface area contributed by atoms with Gasteiger partial charge in [-0.15, -0.1) is 11.3 Å². The number of methoxy groups -OCH3 is 1. The van der Waals surface area contributed by atoms with E-state index in [0.717, 1.165) is 24.3 Å². The second-order valence-electron chi connectivity index (χ2n) is 5.03. The lowest BCUT2D eigenvalue weighted by molar-refractivity contribution is 0.0735. The molecule has 104 valence electrons. The lowest BCUT2D eigenvalue weighted by Crippen LogP contribution is -2.35. The minimum Gasteiger partial charge on any atom is -0.496 e. The zero-order valence-electron chi connectivity index (χ0n) is 11.7. The molecule has 0 aliphatic carbocycles. The molecule has 0 N–H and O–H groups in total. The summed E-state index contributed by atoms with van der Waals surface area (Å²) >= 11 is 1.78. The Morgan fingerprint density at radius 3 is 3.00 bits per heavy atom. The second kappa shape index (κ2) is 5.29. The topological polar surface area (TPSA) is 29.5 Å². The van der Waals surface area contributed by atoms with Gasteiger partial charge >= 0.3 is 0 Å². The number of benzene rings is 1. The van der Waals surface area contributed by atoms with Crippen LogP contribution in [0.3, 0.4) is 0 Å². The van der Waals surface area contributed by atoms with E-state index in [1.165, 1.54) is 10.4 Å². The zero-order valence-corrected chi connectivity index (χ0v) is 12.5. The Kier molecular flexibility index (Phi) is 3.49. The highest BCUT2D eigenvalue weighted by Crippen LogP contribution is 2.26. The minimum atomic E-state index is 0.0835. The second-order valence-corrected chi connectivity index (χ2v) is 6.03. The predicted molar refractivity (Wildman–Crippen MR) is 80.5 cm³/mol. The van der Waals surface area contributed by atoms with Gasteiger partial charge in [-0.05, 0) is 48.1 Å². The molecule has 0 saturated carbocycles. The molecule has 0 atom stereocenters. The summed E-state index contributed by atoms with van der Waals surface area (Å²) in [7, 11) is 1.63. The summed E-state index contributed by atoms with van der Waals surface area (Å²) in [6.45, 7) is 3.49. The third kappa shape index (κ3) is 2.31. The van der Waals surface area contributed by atoms with Crippen molar-refractivity contribution in [2.75, 3.05) is 13.7 Å². The average Bonchev–Trinajstić information content (AvgIpc) is 2.94. The summed E-state index contributed by atoms with van der Waals surface area (Å²) in [6.07, 6.45) is 0.960. The van der Waals surface area contributed by atoms with Crippen molar-refractivity contribution in [1.82, 2.24) is 4.90 Å². The summed E-state index contributed by atoms with van der Waals surface area (Å²) in [4.78, 5) is 15.9. The van der Waals surface area contributed by atoms with E-state index in [4.69, 9.17) is 4.74 Å². The van der Waals surface area contributed by atoms with Crippen LogP contribution >= 0.6 is 11.3 Å². The van der Waals surface area contributed by atoms with Gasteiger partial charge in [0.1, 0.15) is 5.75 Å². The largest absolute Gasteiger partial charge is 0.496 e. The molecular formula is C16H17NO2S. The molecule has 1 aliphatic rings. The van der Waals surface area contributed by atoms with Crippen LogP contribution in [0.25, 0.3) is 0 Å². The molecule has 1 aromatic carbocycles. The zero-order chi connectivity index (χ0) is 14.1. The fourth-order valence-corrected chi connectivity index (χ4v) is 3.45. The molecule has 0 radical (unpaired) electrons. The van der Waals surface area contributed by atoms with Gasteiger partial charge in [0.2, 0.25) is 0 Å². The summed E-state index contributed by atoms with van der Waals surface area (Å²) in [6, 6.07) is 7.77. The third-order valence-corrected chi connectivity index (χ3v) is 4.77. The van der Waals surface area contributed by atoms with Crippen molar-refractivity contribution in [2.45, 2.75) is 19.9 Å². The summed E-state index contributed by atoms with van der Waals surface area (Å²) in [5.41, 5.74) is 3.03. The molecular weight excluding hydrogens is 270 g/mol. The van der Waals surface area contributed by atoms with Crippen molar-refractivity contribution in [3.05, 3.63) is 51.2 Å². The molecule has 0 spiro atoms. The highest BCUT2D eigenvalue weighted by atomic mass is 32.1. The van der Waals surface area contributed by atoms with E-state index < -0.39 is 0 Å². The van der Waals surface area contributed by atoms with Gasteiger partial charge in [-0.25, -0.2) is 0 Å². The lowest BCUT2D eigenvalue weighted by Gasteiger charge is -2.27. The molecule has 0 fully saturated rings. The first-order chi connectivity index (χ1) is 9.69. The molecule has 1 aliphatic heterocycles. The van der Waals surface area contributed by atoms with Crippen LogP contribution in [0.1, 0.15) is 26.4 Å². The molecule has 3 nitrogen and oxygen atoms in total. The van der Waals surface area contributed by atoms with Gasteiger partial charge in [0.25, 0.3) is 5.91 Å². The summed E-state index contributed by atoms with van der Waals surface area (Å²) in [5.74, 6) is 0.851. The third-order valence-electron chi connectivity index (χ3n) is 3.75. The van der Waals surface area contributed by atoms with E-state index >= 15 is 0 Å². The van der Waals surface area contributed by atoms with E-state index in [0.29, 0.717) is 12.1 Å². The van der Waals surface area contributed by atoms with Gasteiger partial charge in [0.05, 0.1) is 7.11 Å². The van der Waals surface area contributed by atoms with Crippen molar-refractivity contribution in [2.24, 2.45) is 0 Å². The number of aryl methyl sites for hydroxylation is 1. The maximum atomic E-state index is 12.6. The van der Waals surface area contributed by atoms with Crippen LogP contribution in [0, 0.1) is 6.92 Å². The van der Waals surface area contributed by atoms with Gasteiger partial charge in [0.15, 0.2) is 0 Å². The molecule has 0 unspecified atom stereocenters. The Morgan fingerprint density at radius 1 is 1.35 bits per heavy atom. The van der Waals surface area contributed by atoms with Gasteiger partial charge in [-0.3, -0.25) is 4.79 Å². The molecule has 0 saturated heterocycles. The molecule has 1 amide bonds. The van der Waals surface area contributed by atoms with E-state index in [2.05, 4.69) is 11.4 Å². The van der Waals surface area contributed by atoms with Crippen molar-refractivity contribution < 1.29 is 9.53 Å². The van der Waals surface area contributed by atoms with E-state index in [-0.39, 0.29) is 5.91 Å². The predicted octanol–water partition coefficient (Wildman–Crippen LogP) is 3.26. The molecule has 1 aromatic heterocycles. The summed E-state index contributed by atoms with van der Waals surface area (Å²) < 4.78 is 5.30. The first kappa shape index (κ1) is 13.2. The van der Waals surface area contributed by atoms with Gasteiger partial charge in [-0.1, -0.05) is 6.07 Å². The quantitative estimate of drug-likeness (QED) is 0.848. The SMILES string of the molecule is COc1cc(C(=O)N2CCc3sccc3C2)ccc1C. The van der Waals surface area contributed by atoms with Crippen molar-refractivity contribution in [1.29, 1.82) is 0 Å². The highest BCUT2D eigenvalue weighted by Gasteiger charge is 2.22. The van der Waals surface area contributed by atoms with Crippen molar-refractivity contribution >= 4 is 17.2 Å². The monoisotopic (exact) mass is 287 g/mol. The van der Waals surface area contributed by atoms with Crippen LogP contribution < -0.4 is 4.74 Å². The Morgan fingerprint density at radius 2 is 2.20 bits per heavy atom. The Labute approximate surface area is 122 Å². The van der Waals surface area contributed by atoms with Crippen LogP contribution in [0.2, 0.25) is 0 Å². The number of nitrogens with zero attached hydrogens (tertiary/aromatic N) is 1. The first-order valence-corrected chi connectivity index (χ1v) is 7.56.